The lowest BCUT2D eigenvalue weighted by atomic mass is 10.2. The molecule has 0 bridgehead atoms. The van der Waals surface area contributed by atoms with E-state index in [0.717, 1.165) is 0 Å². The number of para-hydroxylation sites is 1. The molecule has 78 valence electrons. The van der Waals surface area contributed by atoms with Crippen LogP contribution in [0.15, 0.2) is 23.0 Å². The zero-order chi connectivity index (χ0) is 11.0. The molecule has 0 aliphatic rings. The van der Waals surface area contributed by atoms with Crippen LogP contribution in [-0.2, 0) is 13.6 Å². The highest BCUT2D eigenvalue weighted by Crippen LogP contribution is 2.11. The maximum absolute atomic E-state index is 13.4. The smallest absolute Gasteiger partial charge is 0.261 e. The number of aromatic nitrogens is 2. The summed E-state index contributed by atoms with van der Waals surface area (Å²) in [6, 6.07) is 4.31. The highest BCUT2D eigenvalue weighted by Gasteiger charge is 2.09. The van der Waals surface area contributed by atoms with Crippen molar-refractivity contribution >= 4 is 10.9 Å². The van der Waals surface area contributed by atoms with Crippen molar-refractivity contribution in [1.82, 2.24) is 9.55 Å². The first-order chi connectivity index (χ1) is 7.15. The van der Waals surface area contributed by atoms with E-state index in [1.54, 1.807) is 13.1 Å². The molecular weight excluding hydrogens is 197 g/mol. The lowest BCUT2D eigenvalue weighted by molar-refractivity contribution is 0.632. The van der Waals surface area contributed by atoms with Gasteiger partial charge in [0.15, 0.2) is 0 Å². The van der Waals surface area contributed by atoms with Gasteiger partial charge in [0.1, 0.15) is 17.2 Å². The molecule has 1 aromatic carbocycles. The molecule has 0 fully saturated rings. The van der Waals surface area contributed by atoms with Gasteiger partial charge in [-0.3, -0.25) is 9.36 Å². The first kappa shape index (κ1) is 9.79. The van der Waals surface area contributed by atoms with Crippen LogP contribution in [0.3, 0.4) is 0 Å². The molecule has 5 heteroatoms. The Hall–Kier alpha value is -1.75. The van der Waals surface area contributed by atoms with Crippen molar-refractivity contribution in [2.45, 2.75) is 6.54 Å². The summed E-state index contributed by atoms with van der Waals surface area (Å²) in [4.78, 5) is 15.8. The van der Waals surface area contributed by atoms with E-state index in [-0.39, 0.29) is 23.0 Å². The first-order valence-corrected chi connectivity index (χ1v) is 4.49. The molecule has 0 atom stereocenters. The largest absolute Gasteiger partial charge is 0.324 e. The van der Waals surface area contributed by atoms with Gasteiger partial charge in [0.25, 0.3) is 5.56 Å². The van der Waals surface area contributed by atoms with Gasteiger partial charge in [0, 0.05) is 7.05 Å². The summed E-state index contributed by atoms with van der Waals surface area (Å²) >= 11 is 0. The molecule has 15 heavy (non-hydrogen) atoms. The Bertz CT molecular complexity index is 577. The van der Waals surface area contributed by atoms with Crippen LogP contribution in [-0.4, -0.2) is 9.55 Å². The molecule has 0 saturated carbocycles. The molecule has 0 aliphatic carbocycles. The number of fused-ring (bicyclic) bond motifs is 1. The van der Waals surface area contributed by atoms with Crippen molar-refractivity contribution in [1.29, 1.82) is 0 Å². The summed E-state index contributed by atoms with van der Waals surface area (Å²) in [5.74, 6) is -0.127. The van der Waals surface area contributed by atoms with Crippen molar-refractivity contribution in [3.8, 4) is 0 Å². The summed E-state index contributed by atoms with van der Waals surface area (Å²) in [7, 11) is 1.57. The highest BCUT2D eigenvalue weighted by atomic mass is 19.1. The fraction of sp³-hybridized carbons (Fsp3) is 0.200. The SMILES string of the molecule is Cn1c(CN)nc2c(F)cccc2c1=O. The van der Waals surface area contributed by atoms with Crippen molar-refractivity contribution in [3.63, 3.8) is 0 Å². The Morgan fingerprint density at radius 3 is 2.93 bits per heavy atom. The zero-order valence-electron chi connectivity index (χ0n) is 8.20. The van der Waals surface area contributed by atoms with Gasteiger partial charge in [-0.15, -0.1) is 0 Å². The third kappa shape index (κ3) is 1.41. The van der Waals surface area contributed by atoms with Crippen LogP contribution in [0.1, 0.15) is 5.82 Å². The average Bonchev–Trinajstić information content (AvgIpc) is 2.24. The molecule has 1 aromatic heterocycles. The number of halogens is 1. The number of hydrogen-bond acceptors (Lipinski definition) is 3. The molecule has 0 unspecified atom stereocenters. The standard InChI is InChI=1S/C10H10FN3O/c1-14-8(5-12)13-9-6(10(14)15)3-2-4-7(9)11/h2-4H,5,12H2,1H3. The number of nitrogens with two attached hydrogens (primary N) is 1. The van der Waals surface area contributed by atoms with Crippen LogP contribution < -0.4 is 11.3 Å². The van der Waals surface area contributed by atoms with Crippen molar-refractivity contribution in [3.05, 3.63) is 40.2 Å². The molecule has 1 heterocycles. The zero-order valence-corrected chi connectivity index (χ0v) is 8.20. The average molecular weight is 207 g/mol. The maximum atomic E-state index is 13.4. The van der Waals surface area contributed by atoms with Crippen LogP contribution in [0.5, 0.6) is 0 Å². The molecule has 4 nitrogen and oxygen atoms in total. The highest BCUT2D eigenvalue weighted by molar-refractivity contribution is 5.78. The molecule has 0 radical (unpaired) electrons. The van der Waals surface area contributed by atoms with Crippen molar-refractivity contribution in [2.24, 2.45) is 12.8 Å². The first-order valence-electron chi connectivity index (χ1n) is 4.49. The molecule has 2 N–H and O–H groups in total. The number of hydrogen-bond donors (Lipinski definition) is 1. The van der Waals surface area contributed by atoms with Gasteiger partial charge < -0.3 is 5.73 Å². The number of nitrogens with zero attached hydrogens (tertiary/aromatic N) is 2. The van der Waals surface area contributed by atoms with Crippen LogP contribution in [0.2, 0.25) is 0 Å². The molecular formula is C10H10FN3O. The van der Waals surface area contributed by atoms with Crippen molar-refractivity contribution < 1.29 is 4.39 Å². The van der Waals surface area contributed by atoms with Gasteiger partial charge >= 0.3 is 0 Å². The topological polar surface area (TPSA) is 60.9 Å². The Labute approximate surface area is 85.2 Å². The Morgan fingerprint density at radius 2 is 2.27 bits per heavy atom. The Morgan fingerprint density at radius 1 is 1.53 bits per heavy atom. The van der Waals surface area contributed by atoms with Gasteiger partial charge in [0.05, 0.1) is 11.9 Å². The normalized spacial score (nSPS) is 10.9. The molecule has 0 spiro atoms. The molecule has 0 aliphatic heterocycles. The quantitative estimate of drug-likeness (QED) is 0.742. The van der Waals surface area contributed by atoms with E-state index in [4.69, 9.17) is 5.73 Å². The summed E-state index contributed by atoms with van der Waals surface area (Å²) in [5.41, 5.74) is 5.22. The summed E-state index contributed by atoms with van der Waals surface area (Å²) in [6.45, 7) is 0.107. The van der Waals surface area contributed by atoms with Gasteiger partial charge in [0.2, 0.25) is 0 Å². The minimum absolute atomic E-state index is 0.0843. The lowest BCUT2D eigenvalue weighted by Crippen LogP contribution is -2.24. The summed E-state index contributed by atoms with van der Waals surface area (Å²) < 4.78 is 14.7. The van der Waals surface area contributed by atoms with E-state index >= 15 is 0 Å². The maximum Gasteiger partial charge on any atom is 0.261 e. The third-order valence-corrected chi connectivity index (χ3v) is 2.33. The molecule has 0 saturated heterocycles. The molecule has 2 rings (SSSR count). The van der Waals surface area contributed by atoms with Crippen LogP contribution >= 0.6 is 0 Å². The van der Waals surface area contributed by atoms with E-state index in [2.05, 4.69) is 4.98 Å². The monoisotopic (exact) mass is 207 g/mol. The van der Waals surface area contributed by atoms with Crippen LogP contribution in [0.25, 0.3) is 10.9 Å². The van der Waals surface area contributed by atoms with E-state index in [9.17, 15) is 9.18 Å². The van der Waals surface area contributed by atoms with E-state index in [0.29, 0.717) is 5.82 Å². The summed E-state index contributed by atoms with van der Waals surface area (Å²) in [6.07, 6.45) is 0. The number of rotatable bonds is 1. The van der Waals surface area contributed by atoms with Gasteiger partial charge in [-0.25, -0.2) is 9.37 Å². The van der Waals surface area contributed by atoms with Crippen LogP contribution in [0, 0.1) is 5.82 Å². The molecule has 2 aromatic rings. The van der Waals surface area contributed by atoms with Gasteiger partial charge in [-0.05, 0) is 12.1 Å². The summed E-state index contributed by atoms with van der Waals surface area (Å²) in [5, 5.41) is 0.273. The van der Waals surface area contributed by atoms with E-state index in [1.165, 1.54) is 16.7 Å². The van der Waals surface area contributed by atoms with Gasteiger partial charge in [-0.2, -0.15) is 0 Å². The molecule has 0 amide bonds. The predicted molar refractivity (Wildman–Crippen MR) is 54.8 cm³/mol. The van der Waals surface area contributed by atoms with Gasteiger partial charge in [-0.1, -0.05) is 6.07 Å². The van der Waals surface area contributed by atoms with E-state index in [1.807, 2.05) is 0 Å². The third-order valence-electron chi connectivity index (χ3n) is 2.33. The number of benzene rings is 1. The minimum atomic E-state index is -0.500. The Balaban J connectivity index is 2.98. The second kappa shape index (κ2) is 3.43. The second-order valence-electron chi connectivity index (χ2n) is 3.23. The lowest BCUT2D eigenvalue weighted by Gasteiger charge is -2.06. The fourth-order valence-corrected chi connectivity index (χ4v) is 1.49. The Kier molecular flexibility index (Phi) is 2.24. The van der Waals surface area contributed by atoms with E-state index < -0.39 is 5.82 Å². The fourth-order valence-electron chi connectivity index (χ4n) is 1.49. The second-order valence-corrected chi connectivity index (χ2v) is 3.23. The minimum Gasteiger partial charge on any atom is -0.324 e. The predicted octanol–water partition coefficient (Wildman–Crippen LogP) is 0.531. The van der Waals surface area contributed by atoms with Crippen LogP contribution in [0.4, 0.5) is 4.39 Å². The van der Waals surface area contributed by atoms with Crippen molar-refractivity contribution in [2.75, 3.05) is 0 Å².